The number of rotatable bonds is 5. The molecule has 0 radical (unpaired) electrons. The van der Waals surface area contributed by atoms with Gasteiger partial charge >= 0.3 is 0 Å². The van der Waals surface area contributed by atoms with Gasteiger partial charge in [0, 0.05) is 22.4 Å². The van der Waals surface area contributed by atoms with Crippen LogP contribution in [0, 0.1) is 13.8 Å². The predicted molar refractivity (Wildman–Crippen MR) is 77.7 cm³/mol. The van der Waals surface area contributed by atoms with E-state index in [2.05, 4.69) is 10.5 Å². The quantitative estimate of drug-likeness (QED) is 0.902. The first-order valence-corrected chi connectivity index (χ1v) is 8.46. The molecule has 1 fully saturated rings. The van der Waals surface area contributed by atoms with Crippen LogP contribution in [0.5, 0.6) is 0 Å². The molecule has 2 atom stereocenters. The van der Waals surface area contributed by atoms with Crippen LogP contribution >= 0.6 is 0 Å². The van der Waals surface area contributed by atoms with Crippen LogP contribution in [0.15, 0.2) is 4.52 Å². The summed E-state index contributed by atoms with van der Waals surface area (Å²) in [5.74, 6) is 0.890. The van der Waals surface area contributed by atoms with Crippen LogP contribution in [-0.4, -0.2) is 26.6 Å². The van der Waals surface area contributed by atoms with Gasteiger partial charge in [0.15, 0.2) is 0 Å². The molecule has 0 aliphatic heterocycles. The summed E-state index contributed by atoms with van der Waals surface area (Å²) >= 11 is 0. The summed E-state index contributed by atoms with van der Waals surface area (Å²) in [6, 6.07) is 0.265. The SMILES string of the molecule is Cc1noc(C)c1CS(=O)C(C)C(=O)NC1CCCC1. The van der Waals surface area contributed by atoms with Gasteiger partial charge in [-0.05, 0) is 33.6 Å². The molecule has 1 saturated carbocycles. The molecule has 0 spiro atoms. The minimum Gasteiger partial charge on any atom is -0.361 e. The Morgan fingerprint density at radius 1 is 1.45 bits per heavy atom. The Morgan fingerprint density at radius 2 is 2.10 bits per heavy atom. The lowest BCUT2D eigenvalue weighted by atomic mass is 10.2. The van der Waals surface area contributed by atoms with Crippen molar-refractivity contribution in [3.63, 3.8) is 0 Å². The predicted octanol–water partition coefficient (Wildman–Crippen LogP) is 1.99. The van der Waals surface area contributed by atoms with Crippen molar-refractivity contribution in [2.24, 2.45) is 0 Å². The summed E-state index contributed by atoms with van der Waals surface area (Å²) in [5.41, 5.74) is 1.60. The monoisotopic (exact) mass is 298 g/mol. The number of aromatic nitrogens is 1. The number of nitrogens with zero attached hydrogens (tertiary/aromatic N) is 1. The van der Waals surface area contributed by atoms with E-state index in [0.717, 1.165) is 24.1 Å². The average molecular weight is 298 g/mol. The average Bonchev–Trinajstić information content (AvgIpc) is 3.02. The normalized spacial score (nSPS) is 18.9. The molecule has 20 heavy (non-hydrogen) atoms. The third-order valence-electron chi connectivity index (χ3n) is 3.93. The molecule has 2 unspecified atom stereocenters. The topological polar surface area (TPSA) is 72.2 Å². The molecule has 0 aromatic carbocycles. The van der Waals surface area contributed by atoms with E-state index >= 15 is 0 Å². The Balaban J connectivity index is 1.92. The lowest BCUT2D eigenvalue weighted by molar-refractivity contribution is -0.121. The largest absolute Gasteiger partial charge is 0.361 e. The van der Waals surface area contributed by atoms with Gasteiger partial charge < -0.3 is 9.84 Å². The number of carbonyl (C=O) groups is 1. The van der Waals surface area contributed by atoms with Crippen molar-refractivity contribution in [2.75, 3.05) is 0 Å². The molecule has 1 amide bonds. The van der Waals surface area contributed by atoms with Gasteiger partial charge in [0.05, 0.1) is 11.4 Å². The highest BCUT2D eigenvalue weighted by Gasteiger charge is 2.25. The molecule has 112 valence electrons. The summed E-state index contributed by atoms with van der Waals surface area (Å²) < 4.78 is 17.4. The number of nitrogens with one attached hydrogen (secondary N) is 1. The Labute approximate surface area is 121 Å². The van der Waals surface area contributed by atoms with E-state index < -0.39 is 16.0 Å². The fourth-order valence-corrected chi connectivity index (χ4v) is 3.74. The minimum absolute atomic E-state index is 0.109. The minimum atomic E-state index is -1.26. The van der Waals surface area contributed by atoms with Gasteiger partial charge in [-0.25, -0.2) is 0 Å². The summed E-state index contributed by atoms with van der Waals surface area (Å²) in [6.45, 7) is 5.35. The van der Waals surface area contributed by atoms with Crippen LogP contribution in [0.1, 0.15) is 49.6 Å². The Kier molecular flexibility index (Phi) is 4.96. The lowest BCUT2D eigenvalue weighted by Crippen LogP contribution is -2.41. The zero-order chi connectivity index (χ0) is 14.7. The maximum atomic E-state index is 12.3. The third kappa shape index (κ3) is 3.48. The maximum absolute atomic E-state index is 12.3. The van der Waals surface area contributed by atoms with E-state index in [1.165, 1.54) is 12.8 Å². The van der Waals surface area contributed by atoms with Crippen molar-refractivity contribution in [1.29, 1.82) is 0 Å². The van der Waals surface area contributed by atoms with Crippen LogP contribution in [0.4, 0.5) is 0 Å². The van der Waals surface area contributed by atoms with E-state index in [1.807, 2.05) is 6.92 Å². The van der Waals surface area contributed by atoms with Crippen molar-refractivity contribution in [2.45, 2.75) is 63.5 Å². The molecular weight excluding hydrogens is 276 g/mol. The number of hydrogen-bond acceptors (Lipinski definition) is 4. The maximum Gasteiger partial charge on any atom is 0.235 e. The van der Waals surface area contributed by atoms with Crippen molar-refractivity contribution in [1.82, 2.24) is 10.5 Å². The van der Waals surface area contributed by atoms with Gasteiger partial charge in [-0.1, -0.05) is 18.0 Å². The number of hydrogen-bond donors (Lipinski definition) is 1. The van der Waals surface area contributed by atoms with Gasteiger partial charge in [0.25, 0.3) is 0 Å². The molecule has 1 aromatic heterocycles. The highest BCUT2D eigenvalue weighted by Crippen LogP contribution is 2.19. The van der Waals surface area contributed by atoms with Gasteiger partial charge in [-0.3, -0.25) is 9.00 Å². The zero-order valence-corrected chi connectivity index (χ0v) is 13.1. The van der Waals surface area contributed by atoms with Crippen molar-refractivity contribution in [3.8, 4) is 0 Å². The first kappa shape index (κ1) is 15.2. The highest BCUT2D eigenvalue weighted by molar-refractivity contribution is 7.85. The molecule has 1 N–H and O–H groups in total. The van der Waals surface area contributed by atoms with Gasteiger partial charge in [0.2, 0.25) is 5.91 Å². The Bertz CT molecular complexity index is 487. The first-order chi connectivity index (χ1) is 9.49. The van der Waals surface area contributed by atoms with E-state index in [0.29, 0.717) is 11.5 Å². The second-order valence-electron chi connectivity index (χ2n) is 5.46. The summed E-state index contributed by atoms with van der Waals surface area (Å²) in [7, 11) is -1.26. The molecular formula is C14H22N2O3S. The third-order valence-corrected chi connectivity index (χ3v) is 5.51. The molecule has 1 aliphatic carbocycles. The van der Waals surface area contributed by atoms with Gasteiger partial charge in [-0.2, -0.15) is 0 Å². The van der Waals surface area contributed by atoms with E-state index in [1.54, 1.807) is 13.8 Å². The fourth-order valence-electron chi connectivity index (χ4n) is 2.48. The van der Waals surface area contributed by atoms with E-state index in [4.69, 9.17) is 4.52 Å². The smallest absolute Gasteiger partial charge is 0.235 e. The van der Waals surface area contributed by atoms with Crippen molar-refractivity contribution >= 4 is 16.7 Å². The molecule has 1 aliphatic rings. The van der Waals surface area contributed by atoms with Crippen LogP contribution in [0.3, 0.4) is 0 Å². The van der Waals surface area contributed by atoms with Crippen LogP contribution in [0.25, 0.3) is 0 Å². The molecule has 1 heterocycles. The van der Waals surface area contributed by atoms with Gasteiger partial charge in [-0.15, -0.1) is 0 Å². The highest BCUT2D eigenvalue weighted by atomic mass is 32.2. The molecule has 6 heteroatoms. The zero-order valence-electron chi connectivity index (χ0n) is 12.3. The van der Waals surface area contributed by atoms with E-state index in [9.17, 15) is 9.00 Å². The van der Waals surface area contributed by atoms with Crippen LogP contribution in [0.2, 0.25) is 0 Å². The molecule has 1 aromatic rings. The standard InChI is InChI=1S/C14H22N2O3S/c1-9-13(10(2)19-16-9)8-20(18)11(3)14(17)15-12-6-4-5-7-12/h11-12H,4-8H2,1-3H3,(H,15,17). The van der Waals surface area contributed by atoms with E-state index in [-0.39, 0.29) is 11.9 Å². The lowest BCUT2D eigenvalue weighted by Gasteiger charge is -2.16. The molecule has 2 rings (SSSR count). The van der Waals surface area contributed by atoms with Crippen molar-refractivity contribution in [3.05, 3.63) is 17.0 Å². The second-order valence-corrected chi connectivity index (χ2v) is 7.22. The Hall–Kier alpha value is -1.17. The summed E-state index contributed by atoms with van der Waals surface area (Å²) in [6.07, 6.45) is 4.41. The van der Waals surface area contributed by atoms with Crippen molar-refractivity contribution < 1.29 is 13.5 Å². The Morgan fingerprint density at radius 3 is 2.65 bits per heavy atom. The molecule has 5 nitrogen and oxygen atoms in total. The van der Waals surface area contributed by atoms with Crippen LogP contribution in [-0.2, 0) is 21.3 Å². The number of carbonyl (C=O) groups excluding carboxylic acids is 1. The number of aryl methyl sites for hydroxylation is 2. The first-order valence-electron chi connectivity index (χ1n) is 7.08. The molecule has 0 saturated heterocycles. The van der Waals surface area contributed by atoms with Crippen LogP contribution < -0.4 is 5.32 Å². The fraction of sp³-hybridized carbons (Fsp3) is 0.714. The molecule has 0 bridgehead atoms. The van der Waals surface area contributed by atoms with Gasteiger partial charge in [0.1, 0.15) is 11.0 Å². The summed E-state index contributed by atoms with van der Waals surface area (Å²) in [5, 5.41) is 6.33. The number of amides is 1. The second kappa shape index (κ2) is 6.52. The summed E-state index contributed by atoms with van der Waals surface area (Å²) in [4.78, 5) is 12.1.